The Morgan fingerprint density at radius 2 is 1.77 bits per heavy atom. The number of nitrogens with one attached hydrogen (secondary N) is 1. The molecule has 0 bridgehead atoms. The maximum absolute atomic E-state index is 13.2. The monoisotopic (exact) mass is 517 g/mol. The first-order valence-corrected chi connectivity index (χ1v) is 13.9. The Morgan fingerprint density at radius 3 is 2.37 bits per heavy atom. The molecule has 30 heavy (non-hydrogen) atoms. The summed E-state index contributed by atoms with van der Waals surface area (Å²) in [6.45, 7) is 7.27. The van der Waals surface area contributed by atoms with Gasteiger partial charge in [0.15, 0.2) is 5.13 Å². The van der Waals surface area contributed by atoms with Gasteiger partial charge in [0.05, 0.1) is 19.9 Å². The topological polar surface area (TPSA) is 79.4 Å². The third-order valence-corrected chi connectivity index (χ3v) is 8.55. The SMILES string of the molecule is CCCCC(Br)C(=O)Nc1nc2ccc(S(=O)(=O)N(CCCC)CCCC)cc2s1. The predicted molar refractivity (Wildman–Crippen MR) is 129 cm³/mol. The summed E-state index contributed by atoms with van der Waals surface area (Å²) in [6, 6.07) is 5.00. The third-order valence-electron chi connectivity index (χ3n) is 4.85. The van der Waals surface area contributed by atoms with Crippen LogP contribution in [0.5, 0.6) is 0 Å². The van der Waals surface area contributed by atoms with E-state index in [-0.39, 0.29) is 15.6 Å². The van der Waals surface area contributed by atoms with Gasteiger partial charge in [0, 0.05) is 13.1 Å². The first-order chi connectivity index (χ1) is 14.3. The molecule has 0 spiro atoms. The summed E-state index contributed by atoms with van der Waals surface area (Å²) in [5.74, 6) is -0.124. The normalized spacial score (nSPS) is 13.1. The van der Waals surface area contributed by atoms with Crippen LogP contribution in [0, 0.1) is 0 Å². The van der Waals surface area contributed by atoms with Crippen LogP contribution in [0.4, 0.5) is 5.13 Å². The Hall–Kier alpha value is -1.03. The van der Waals surface area contributed by atoms with Gasteiger partial charge in [-0.15, -0.1) is 0 Å². The number of anilines is 1. The van der Waals surface area contributed by atoms with Crippen LogP contribution in [-0.2, 0) is 14.8 Å². The van der Waals surface area contributed by atoms with Crippen LogP contribution in [0.2, 0.25) is 0 Å². The van der Waals surface area contributed by atoms with E-state index >= 15 is 0 Å². The second kappa shape index (κ2) is 12.1. The van der Waals surface area contributed by atoms with Crippen molar-refractivity contribution in [2.45, 2.75) is 75.4 Å². The second-order valence-corrected chi connectivity index (χ2v) is 11.4. The van der Waals surface area contributed by atoms with Gasteiger partial charge >= 0.3 is 0 Å². The summed E-state index contributed by atoms with van der Waals surface area (Å²) in [4.78, 5) is 16.8. The number of unbranched alkanes of at least 4 members (excludes halogenated alkanes) is 3. The number of aromatic nitrogens is 1. The highest BCUT2D eigenvalue weighted by molar-refractivity contribution is 9.10. The highest BCUT2D eigenvalue weighted by atomic mass is 79.9. The largest absolute Gasteiger partial charge is 0.301 e. The molecule has 1 aromatic heterocycles. The van der Waals surface area contributed by atoms with E-state index in [1.807, 2.05) is 0 Å². The lowest BCUT2D eigenvalue weighted by atomic mass is 10.2. The van der Waals surface area contributed by atoms with Crippen LogP contribution in [0.3, 0.4) is 0 Å². The molecule has 2 rings (SSSR count). The average Bonchev–Trinajstić information content (AvgIpc) is 3.13. The Balaban J connectivity index is 2.22. The minimum atomic E-state index is -3.56. The number of hydrogen-bond donors (Lipinski definition) is 1. The van der Waals surface area contributed by atoms with Gasteiger partial charge in [0.1, 0.15) is 0 Å². The molecule has 0 saturated carbocycles. The summed E-state index contributed by atoms with van der Waals surface area (Å²) in [7, 11) is -3.56. The van der Waals surface area contributed by atoms with E-state index in [4.69, 9.17) is 0 Å². The van der Waals surface area contributed by atoms with Gasteiger partial charge in [-0.25, -0.2) is 13.4 Å². The average molecular weight is 519 g/mol. The molecule has 0 fully saturated rings. The standard InChI is InChI=1S/C21H32BrN3O3S2/c1-4-7-10-17(22)20(26)24-21-23-18-12-11-16(15-19(18)29-21)30(27,28)25(13-8-5-2)14-9-6-3/h11-12,15,17H,4-10,13-14H2,1-3H3,(H,23,24,26). The summed E-state index contributed by atoms with van der Waals surface area (Å²) >= 11 is 4.72. The van der Waals surface area contributed by atoms with Crippen molar-refractivity contribution < 1.29 is 13.2 Å². The zero-order chi connectivity index (χ0) is 22.1. The maximum Gasteiger partial charge on any atom is 0.243 e. The van der Waals surface area contributed by atoms with Gasteiger partial charge < -0.3 is 5.32 Å². The smallest absolute Gasteiger partial charge is 0.243 e. The van der Waals surface area contributed by atoms with Crippen LogP contribution in [0.15, 0.2) is 23.1 Å². The van der Waals surface area contributed by atoms with Crippen LogP contribution < -0.4 is 5.32 Å². The lowest BCUT2D eigenvalue weighted by Crippen LogP contribution is -2.33. The van der Waals surface area contributed by atoms with Crippen molar-refractivity contribution in [3.05, 3.63) is 18.2 Å². The van der Waals surface area contributed by atoms with E-state index in [1.54, 1.807) is 22.5 Å². The molecule has 2 aromatic rings. The first kappa shape index (κ1) is 25.2. The molecule has 0 radical (unpaired) electrons. The fourth-order valence-electron chi connectivity index (χ4n) is 2.99. The minimum absolute atomic E-state index is 0.124. The number of hydrogen-bond acceptors (Lipinski definition) is 5. The molecule has 6 nitrogen and oxygen atoms in total. The summed E-state index contributed by atoms with van der Waals surface area (Å²) in [5.41, 5.74) is 0.683. The van der Waals surface area contributed by atoms with Crippen LogP contribution >= 0.6 is 27.3 Å². The zero-order valence-corrected chi connectivity index (χ0v) is 21.2. The summed E-state index contributed by atoms with van der Waals surface area (Å²) < 4.78 is 28.7. The second-order valence-electron chi connectivity index (χ2n) is 7.36. The number of benzene rings is 1. The van der Waals surface area contributed by atoms with Gasteiger partial charge in [-0.05, 0) is 37.5 Å². The van der Waals surface area contributed by atoms with E-state index in [9.17, 15) is 13.2 Å². The van der Waals surface area contributed by atoms with Gasteiger partial charge in [-0.2, -0.15) is 4.31 Å². The molecular formula is C21H32BrN3O3S2. The number of thiazole rings is 1. The van der Waals surface area contributed by atoms with E-state index < -0.39 is 10.0 Å². The minimum Gasteiger partial charge on any atom is -0.301 e. The number of carbonyl (C=O) groups is 1. The van der Waals surface area contributed by atoms with Crippen molar-refractivity contribution in [3.63, 3.8) is 0 Å². The Bertz CT molecular complexity index is 923. The fraction of sp³-hybridized carbons (Fsp3) is 0.619. The highest BCUT2D eigenvalue weighted by Crippen LogP contribution is 2.30. The van der Waals surface area contributed by atoms with Crippen molar-refractivity contribution in [2.75, 3.05) is 18.4 Å². The quantitative estimate of drug-likeness (QED) is 0.341. The van der Waals surface area contributed by atoms with E-state index in [1.165, 1.54) is 11.3 Å². The molecule has 168 valence electrons. The molecule has 0 saturated heterocycles. The lowest BCUT2D eigenvalue weighted by Gasteiger charge is -2.21. The van der Waals surface area contributed by atoms with Crippen molar-refractivity contribution >= 4 is 58.5 Å². The number of fused-ring (bicyclic) bond motifs is 1. The number of rotatable bonds is 13. The molecule has 1 N–H and O–H groups in total. The number of carbonyl (C=O) groups excluding carboxylic acids is 1. The molecule has 0 aliphatic heterocycles. The van der Waals surface area contributed by atoms with Crippen LogP contribution in [0.1, 0.15) is 65.7 Å². The number of nitrogens with zero attached hydrogens (tertiary/aromatic N) is 2. The van der Waals surface area contributed by atoms with Gasteiger partial charge in [-0.1, -0.05) is 73.7 Å². The van der Waals surface area contributed by atoms with E-state index in [0.717, 1.165) is 49.6 Å². The Labute approximate surface area is 192 Å². The summed E-state index contributed by atoms with van der Waals surface area (Å²) in [5, 5.41) is 3.32. The molecule has 1 atom stereocenters. The molecule has 9 heteroatoms. The fourth-order valence-corrected chi connectivity index (χ4v) is 5.95. The van der Waals surface area contributed by atoms with Crippen LogP contribution in [0.25, 0.3) is 10.2 Å². The molecule has 1 heterocycles. The van der Waals surface area contributed by atoms with Crippen molar-refractivity contribution in [3.8, 4) is 0 Å². The van der Waals surface area contributed by atoms with E-state index in [0.29, 0.717) is 23.7 Å². The number of amides is 1. The van der Waals surface area contributed by atoms with Crippen molar-refractivity contribution in [1.29, 1.82) is 0 Å². The predicted octanol–water partition coefficient (Wildman–Crippen LogP) is 5.78. The number of alkyl halides is 1. The molecule has 1 aromatic carbocycles. The zero-order valence-electron chi connectivity index (χ0n) is 18.0. The third kappa shape index (κ3) is 6.73. The maximum atomic E-state index is 13.2. The van der Waals surface area contributed by atoms with Gasteiger partial charge in [-0.3, -0.25) is 4.79 Å². The molecule has 1 unspecified atom stereocenters. The molecule has 0 aliphatic carbocycles. The molecule has 1 amide bonds. The molecular weight excluding hydrogens is 486 g/mol. The van der Waals surface area contributed by atoms with E-state index in [2.05, 4.69) is 47.0 Å². The van der Waals surface area contributed by atoms with Crippen molar-refractivity contribution in [1.82, 2.24) is 9.29 Å². The van der Waals surface area contributed by atoms with Gasteiger partial charge in [0.25, 0.3) is 0 Å². The highest BCUT2D eigenvalue weighted by Gasteiger charge is 2.24. The van der Waals surface area contributed by atoms with Crippen molar-refractivity contribution in [2.24, 2.45) is 0 Å². The number of halogens is 1. The van der Waals surface area contributed by atoms with Crippen LogP contribution in [-0.4, -0.2) is 41.5 Å². The Morgan fingerprint density at radius 1 is 1.13 bits per heavy atom. The lowest BCUT2D eigenvalue weighted by molar-refractivity contribution is -0.115. The molecule has 0 aliphatic rings. The first-order valence-electron chi connectivity index (χ1n) is 10.7. The number of sulfonamides is 1. The Kier molecular flexibility index (Phi) is 10.2. The van der Waals surface area contributed by atoms with Gasteiger partial charge in [0.2, 0.25) is 15.9 Å². The summed E-state index contributed by atoms with van der Waals surface area (Å²) in [6.07, 6.45) is 6.34.